The van der Waals surface area contributed by atoms with Gasteiger partial charge in [0.15, 0.2) is 0 Å². The maximum absolute atomic E-state index is 12.8. The molecule has 1 atom stereocenters. The second kappa shape index (κ2) is 7.95. The van der Waals surface area contributed by atoms with Crippen molar-refractivity contribution in [2.75, 3.05) is 23.3 Å². The third-order valence-electron chi connectivity index (χ3n) is 5.06. The van der Waals surface area contributed by atoms with Gasteiger partial charge in [0, 0.05) is 23.7 Å². The summed E-state index contributed by atoms with van der Waals surface area (Å²) in [7, 11) is 0. The van der Waals surface area contributed by atoms with E-state index in [9.17, 15) is 4.79 Å². The first kappa shape index (κ1) is 18.4. The lowest BCUT2D eigenvalue weighted by Crippen LogP contribution is -2.41. The number of nitrogens with zero attached hydrogens (tertiary/aromatic N) is 4. The minimum Gasteiger partial charge on any atom is -0.355 e. The Morgan fingerprint density at radius 2 is 2.29 bits per heavy atom. The Morgan fingerprint density at radius 3 is 3.11 bits per heavy atom. The van der Waals surface area contributed by atoms with E-state index in [-0.39, 0.29) is 11.8 Å². The first-order valence-corrected chi connectivity index (χ1v) is 10.3. The number of aryl methyl sites for hydroxylation is 1. The van der Waals surface area contributed by atoms with E-state index >= 15 is 0 Å². The van der Waals surface area contributed by atoms with Gasteiger partial charge in [0.25, 0.3) is 0 Å². The van der Waals surface area contributed by atoms with Gasteiger partial charge in [-0.2, -0.15) is 5.26 Å². The number of amides is 1. The maximum atomic E-state index is 12.8. The van der Waals surface area contributed by atoms with Crippen LogP contribution in [-0.4, -0.2) is 29.0 Å². The summed E-state index contributed by atoms with van der Waals surface area (Å²) in [6.07, 6.45) is 4.38. The lowest BCUT2D eigenvalue weighted by molar-refractivity contribution is -0.120. The molecule has 0 unspecified atom stereocenters. The number of aromatic nitrogens is 2. The normalized spacial score (nSPS) is 16.7. The van der Waals surface area contributed by atoms with Gasteiger partial charge in [0.05, 0.1) is 22.9 Å². The number of nitriles is 1. The highest BCUT2D eigenvalue weighted by molar-refractivity contribution is 7.18. The molecular formula is C21H21N5OS. The molecule has 28 heavy (non-hydrogen) atoms. The lowest BCUT2D eigenvalue weighted by atomic mass is 9.96. The Morgan fingerprint density at radius 1 is 1.39 bits per heavy atom. The molecule has 0 saturated carbocycles. The average molecular weight is 392 g/mol. The molecule has 142 valence electrons. The van der Waals surface area contributed by atoms with Gasteiger partial charge in [-0.1, -0.05) is 13.0 Å². The van der Waals surface area contributed by atoms with E-state index in [2.05, 4.69) is 39.2 Å². The maximum Gasteiger partial charge on any atom is 0.229 e. The summed E-state index contributed by atoms with van der Waals surface area (Å²) in [6, 6.07) is 11.3. The van der Waals surface area contributed by atoms with Crippen LogP contribution < -0.4 is 10.2 Å². The molecule has 1 N–H and O–H groups in total. The van der Waals surface area contributed by atoms with Crippen LogP contribution in [0.5, 0.6) is 0 Å². The molecule has 1 aromatic carbocycles. The quantitative estimate of drug-likeness (QED) is 0.727. The molecule has 1 fully saturated rings. The molecule has 1 aliphatic heterocycles. The number of hydrogen-bond acceptors (Lipinski definition) is 6. The van der Waals surface area contributed by atoms with Crippen LogP contribution >= 0.6 is 11.3 Å². The fourth-order valence-electron chi connectivity index (χ4n) is 3.61. The molecule has 3 heterocycles. The van der Waals surface area contributed by atoms with Crippen molar-refractivity contribution in [3.8, 4) is 6.07 Å². The number of piperidine rings is 1. The number of hydrogen-bond donors (Lipinski definition) is 1. The van der Waals surface area contributed by atoms with Gasteiger partial charge in [-0.25, -0.2) is 9.97 Å². The molecule has 4 rings (SSSR count). The van der Waals surface area contributed by atoms with Crippen LogP contribution in [0.2, 0.25) is 0 Å². The van der Waals surface area contributed by atoms with E-state index in [1.807, 2.05) is 6.07 Å². The van der Waals surface area contributed by atoms with Crippen LogP contribution in [0.15, 0.2) is 36.7 Å². The summed E-state index contributed by atoms with van der Waals surface area (Å²) in [5, 5.41) is 13.1. The van der Waals surface area contributed by atoms with Crippen molar-refractivity contribution in [3.63, 3.8) is 0 Å². The molecule has 1 saturated heterocycles. The Labute approximate surface area is 167 Å². The fraction of sp³-hybridized carbons (Fsp3) is 0.333. The highest BCUT2D eigenvalue weighted by Gasteiger charge is 2.28. The zero-order valence-corrected chi connectivity index (χ0v) is 16.5. The highest BCUT2D eigenvalue weighted by atomic mass is 32.1. The second-order valence-electron chi connectivity index (χ2n) is 6.95. The van der Waals surface area contributed by atoms with Crippen molar-refractivity contribution >= 4 is 39.0 Å². The van der Waals surface area contributed by atoms with Gasteiger partial charge in [-0.15, -0.1) is 11.3 Å². The van der Waals surface area contributed by atoms with E-state index < -0.39 is 0 Å². The van der Waals surface area contributed by atoms with E-state index in [4.69, 9.17) is 5.26 Å². The number of carbonyl (C=O) groups excluding carboxylic acids is 1. The summed E-state index contributed by atoms with van der Waals surface area (Å²) in [5.41, 5.74) is 1.20. The summed E-state index contributed by atoms with van der Waals surface area (Å²) < 4.78 is 0. The Hall–Kier alpha value is -2.98. The van der Waals surface area contributed by atoms with Gasteiger partial charge in [-0.05, 0) is 43.5 Å². The summed E-state index contributed by atoms with van der Waals surface area (Å²) in [5.74, 6) is 0.795. The number of rotatable bonds is 4. The van der Waals surface area contributed by atoms with E-state index in [1.54, 1.807) is 35.9 Å². The minimum atomic E-state index is -0.117. The van der Waals surface area contributed by atoms with Crippen molar-refractivity contribution in [2.45, 2.75) is 26.2 Å². The van der Waals surface area contributed by atoms with Crippen molar-refractivity contribution in [3.05, 3.63) is 47.1 Å². The number of benzene rings is 1. The van der Waals surface area contributed by atoms with E-state index in [1.165, 1.54) is 4.88 Å². The predicted octanol–water partition coefficient (Wildman–Crippen LogP) is 3.98. The summed E-state index contributed by atoms with van der Waals surface area (Å²) in [6.45, 7) is 3.66. The van der Waals surface area contributed by atoms with Crippen LogP contribution in [-0.2, 0) is 11.2 Å². The number of carbonyl (C=O) groups is 1. The molecule has 7 heteroatoms. The monoisotopic (exact) mass is 391 g/mol. The average Bonchev–Trinajstić information content (AvgIpc) is 3.17. The highest BCUT2D eigenvalue weighted by Crippen LogP contribution is 2.32. The van der Waals surface area contributed by atoms with Crippen LogP contribution in [0, 0.1) is 17.2 Å². The Kier molecular flexibility index (Phi) is 5.22. The number of anilines is 2. The van der Waals surface area contributed by atoms with Crippen LogP contribution in [0.25, 0.3) is 10.2 Å². The molecule has 2 aromatic heterocycles. The Bertz CT molecular complexity index is 1050. The lowest BCUT2D eigenvalue weighted by Gasteiger charge is -2.33. The van der Waals surface area contributed by atoms with Gasteiger partial charge < -0.3 is 10.2 Å². The van der Waals surface area contributed by atoms with Crippen LogP contribution in [0.3, 0.4) is 0 Å². The zero-order chi connectivity index (χ0) is 19.5. The molecule has 0 radical (unpaired) electrons. The third kappa shape index (κ3) is 3.69. The zero-order valence-electron chi connectivity index (χ0n) is 15.7. The van der Waals surface area contributed by atoms with Crippen LogP contribution in [0.1, 0.15) is 30.2 Å². The van der Waals surface area contributed by atoms with Crippen molar-refractivity contribution in [1.29, 1.82) is 5.26 Å². The molecule has 6 nitrogen and oxygen atoms in total. The molecule has 0 bridgehead atoms. The molecule has 1 aliphatic rings. The molecule has 3 aromatic rings. The van der Waals surface area contributed by atoms with Crippen molar-refractivity contribution < 1.29 is 4.79 Å². The smallest absolute Gasteiger partial charge is 0.229 e. The minimum absolute atomic E-state index is 0.00958. The fourth-order valence-corrected chi connectivity index (χ4v) is 4.54. The second-order valence-corrected chi connectivity index (χ2v) is 8.06. The van der Waals surface area contributed by atoms with Gasteiger partial charge in [0.2, 0.25) is 5.91 Å². The molecule has 0 aliphatic carbocycles. The summed E-state index contributed by atoms with van der Waals surface area (Å²) >= 11 is 1.70. The molecule has 1 amide bonds. The standard InChI is InChI=1S/C21H21N5OS/c1-2-17-10-18-19(23-13-24-21(18)28-17)26-8-4-6-15(12-26)20(27)25-16-7-3-5-14(9-16)11-22/h3,5,7,9-10,13,15H,2,4,6,8,12H2,1H3,(H,25,27)/t15-/m1/s1. The van der Waals surface area contributed by atoms with Crippen LogP contribution in [0.4, 0.5) is 11.5 Å². The van der Waals surface area contributed by atoms with E-state index in [0.717, 1.165) is 41.8 Å². The topological polar surface area (TPSA) is 81.9 Å². The first-order chi connectivity index (χ1) is 13.7. The SMILES string of the molecule is CCc1cc2c(N3CCC[C@@H](C(=O)Nc4cccc(C#N)c4)C3)ncnc2s1. The van der Waals surface area contributed by atoms with Gasteiger partial charge in [0.1, 0.15) is 17.0 Å². The predicted molar refractivity (Wildman–Crippen MR) is 112 cm³/mol. The number of nitrogens with one attached hydrogen (secondary N) is 1. The largest absolute Gasteiger partial charge is 0.355 e. The molecular weight excluding hydrogens is 370 g/mol. The number of fused-ring (bicyclic) bond motifs is 1. The van der Waals surface area contributed by atoms with Crippen molar-refractivity contribution in [2.24, 2.45) is 5.92 Å². The number of thiophene rings is 1. The van der Waals surface area contributed by atoms with Gasteiger partial charge >= 0.3 is 0 Å². The van der Waals surface area contributed by atoms with Crippen molar-refractivity contribution in [1.82, 2.24) is 9.97 Å². The third-order valence-corrected chi connectivity index (χ3v) is 6.25. The summed E-state index contributed by atoms with van der Waals surface area (Å²) in [4.78, 5) is 26.2. The first-order valence-electron chi connectivity index (χ1n) is 9.47. The Balaban J connectivity index is 1.52. The van der Waals surface area contributed by atoms with E-state index in [0.29, 0.717) is 17.8 Å². The molecule has 0 spiro atoms. The van der Waals surface area contributed by atoms with Gasteiger partial charge in [-0.3, -0.25) is 4.79 Å².